The van der Waals surface area contributed by atoms with Crippen LogP contribution in [0.3, 0.4) is 0 Å². The largest absolute Gasteiger partial charge is 0.343 e. The zero-order valence-corrected chi connectivity index (χ0v) is 31.9. The highest BCUT2D eigenvalue weighted by atomic mass is 15.2. The first-order valence-electron chi connectivity index (χ1n) is 20.2. The van der Waals surface area contributed by atoms with Gasteiger partial charge in [0.25, 0.3) is 0 Å². The predicted octanol–water partition coefficient (Wildman–Crippen LogP) is 12.7. The van der Waals surface area contributed by atoms with Crippen LogP contribution in [0.1, 0.15) is 41.9 Å². The summed E-state index contributed by atoms with van der Waals surface area (Å²) in [6.45, 7) is 2.39. The van der Waals surface area contributed by atoms with Crippen molar-refractivity contribution in [2.75, 3.05) is 0 Å². The molecule has 6 aromatic carbocycles. The quantitative estimate of drug-likeness (QED) is 0.181. The van der Waals surface area contributed by atoms with Crippen molar-refractivity contribution in [1.29, 1.82) is 0 Å². The van der Waals surface area contributed by atoms with Gasteiger partial charge in [-0.05, 0) is 95.1 Å². The molecule has 0 radical (unpaired) electrons. The Labute approximate surface area is 333 Å². The third kappa shape index (κ3) is 5.71. The molecule has 0 bridgehead atoms. The fourth-order valence-corrected chi connectivity index (χ4v) is 9.39. The average Bonchev–Trinajstić information content (AvgIpc) is 3.79. The molecule has 1 aliphatic heterocycles. The molecule has 274 valence electrons. The first-order chi connectivity index (χ1) is 28.2. The molecule has 0 saturated carbocycles. The summed E-state index contributed by atoms with van der Waals surface area (Å²) in [5.41, 5.74) is 14.9. The van der Waals surface area contributed by atoms with Crippen LogP contribution in [0, 0.1) is 11.8 Å². The molecule has 3 aliphatic rings. The summed E-state index contributed by atoms with van der Waals surface area (Å²) in [6.07, 6.45) is 15.4. The Morgan fingerprint density at radius 3 is 2.05 bits per heavy atom. The summed E-state index contributed by atoms with van der Waals surface area (Å²) in [7, 11) is 0. The molecule has 11 rings (SSSR count). The molecule has 0 fully saturated rings. The molecule has 3 atom stereocenters. The van der Waals surface area contributed by atoms with Crippen LogP contribution in [0.25, 0.3) is 61.2 Å². The summed E-state index contributed by atoms with van der Waals surface area (Å²) < 4.78 is 4.91. The molecule has 0 saturated heterocycles. The van der Waals surface area contributed by atoms with Crippen molar-refractivity contribution in [1.82, 2.24) is 14.5 Å². The molecule has 4 nitrogen and oxygen atoms in total. The van der Waals surface area contributed by atoms with Crippen LogP contribution in [-0.2, 0) is 6.42 Å². The molecule has 8 aromatic rings. The zero-order valence-electron chi connectivity index (χ0n) is 31.9. The number of nitrogens with one attached hydrogen (secondary N) is 1. The third-order valence-electron chi connectivity index (χ3n) is 12.2. The Balaban J connectivity index is 1.05. The van der Waals surface area contributed by atoms with Crippen LogP contribution in [0.5, 0.6) is 0 Å². The number of hydrogen-bond donors (Lipinski definition) is 1. The fourth-order valence-electron chi connectivity index (χ4n) is 9.39. The number of hydrogen-bond acceptors (Lipinski definition) is 2. The number of fused-ring (bicyclic) bond motifs is 6. The van der Waals surface area contributed by atoms with Gasteiger partial charge in [0.15, 0.2) is 0 Å². The van der Waals surface area contributed by atoms with Crippen LogP contribution in [0.4, 0.5) is 0 Å². The highest BCUT2D eigenvalue weighted by Crippen LogP contribution is 2.43. The lowest BCUT2D eigenvalue weighted by molar-refractivity contribution is 0.620. The SMILES string of the molecule is CC1Cc2c(n(-c3ccc(-c4ccccc4)cc3)c3ccccc23)C=C1c1ccc2c(c1)c1ccccc1n2C1C=C(C2C=CC=CC2)NC(c2ccccc2)=N1. The molecule has 57 heavy (non-hydrogen) atoms. The summed E-state index contributed by atoms with van der Waals surface area (Å²) in [5.74, 6) is 1.53. The molecule has 2 aliphatic carbocycles. The van der Waals surface area contributed by atoms with Gasteiger partial charge < -0.3 is 14.5 Å². The summed E-state index contributed by atoms with van der Waals surface area (Å²) in [4.78, 5) is 5.41. The molecule has 0 amide bonds. The number of benzene rings is 6. The molecule has 4 heteroatoms. The van der Waals surface area contributed by atoms with E-state index in [4.69, 9.17) is 4.99 Å². The van der Waals surface area contributed by atoms with E-state index < -0.39 is 0 Å². The Morgan fingerprint density at radius 1 is 0.614 bits per heavy atom. The molecule has 0 spiro atoms. The maximum Gasteiger partial charge on any atom is 0.148 e. The monoisotopic (exact) mass is 734 g/mol. The number of aromatic nitrogens is 2. The second kappa shape index (κ2) is 13.7. The van der Waals surface area contributed by atoms with E-state index in [1.54, 1.807) is 0 Å². The Hall–Kier alpha value is -6.91. The van der Waals surface area contributed by atoms with E-state index in [9.17, 15) is 0 Å². The first kappa shape index (κ1) is 33.4. The Morgan fingerprint density at radius 2 is 1.28 bits per heavy atom. The molecule has 3 heterocycles. The van der Waals surface area contributed by atoms with Gasteiger partial charge in [0.05, 0.1) is 22.2 Å². The van der Waals surface area contributed by atoms with E-state index in [-0.39, 0.29) is 12.1 Å². The van der Waals surface area contributed by atoms with Gasteiger partial charge in [-0.1, -0.05) is 146 Å². The molecule has 1 N–H and O–H groups in total. The summed E-state index contributed by atoms with van der Waals surface area (Å²) in [5, 5.41) is 7.57. The number of allylic oxidation sites excluding steroid dienone is 5. The van der Waals surface area contributed by atoms with Crippen molar-refractivity contribution in [3.05, 3.63) is 210 Å². The third-order valence-corrected chi connectivity index (χ3v) is 12.2. The number of aliphatic imine (C=N–C) groups is 1. The topological polar surface area (TPSA) is 34.2 Å². The highest BCUT2D eigenvalue weighted by molar-refractivity contribution is 6.10. The van der Waals surface area contributed by atoms with Crippen molar-refractivity contribution >= 4 is 50.2 Å². The number of para-hydroxylation sites is 2. The lowest BCUT2D eigenvalue weighted by Gasteiger charge is -2.28. The van der Waals surface area contributed by atoms with Crippen LogP contribution in [0.15, 0.2) is 193 Å². The summed E-state index contributed by atoms with van der Waals surface area (Å²) in [6, 6.07) is 55.1. The minimum Gasteiger partial charge on any atom is -0.343 e. The minimum absolute atomic E-state index is 0.205. The Bertz CT molecular complexity index is 2990. The van der Waals surface area contributed by atoms with Crippen LogP contribution in [-0.4, -0.2) is 15.0 Å². The van der Waals surface area contributed by atoms with Gasteiger partial charge in [-0.3, -0.25) is 0 Å². The molecular weight excluding hydrogens is 693 g/mol. The van der Waals surface area contributed by atoms with E-state index in [1.807, 2.05) is 0 Å². The fraction of sp³-hybridized carbons (Fsp3) is 0.113. The predicted molar refractivity (Wildman–Crippen MR) is 239 cm³/mol. The van der Waals surface area contributed by atoms with Gasteiger partial charge >= 0.3 is 0 Å². The van der Waals surface area contributed by atoms with Crippen molar-refractivity contribution in [3.8, 4) is 16.8 Å². The maximum atomic E-state index is 5.41. The van der Waals surface area contributed by atoms with Crippen molar-refractivity contribution in [3.63, 3.8) is 0 Å². The van der Waals surface area contributed by atoms with Gasteiger partial charge in [0.2, 0.25) is 0 Å². The van der Waals surface area contributed by atoms with Gasteiger partial charge in [-0.15, -0.1) is 0 Å². The standard InChI is InChI=1S/C53H42N4/c1-35-31-45-42-21-11-13-23-48(42)56(41-28-25-37(26-29-41)36-15-5-2-6-16-36)51(45)33-44(35)40-27-30-50-46(32-40)43-22-12-14-24-49(43)57(50)52-34-47(38-17-7-3-8-18-38)54-53(55-52)39-19-9-4-10-20-39/h2-17,19-30,32-35,38,52H,18,31H2,1H3,(H,54,55). The van der Waals surface area contributed by atoms with Gasteiger partial charge in [-0.25, -0.2) is 4.99 Å². The van der Waals surface area contributed by atoms with Crippen LogP contribution < -0.4 is 5.32 Å². The number of nitrogens with zero attached hydrogens (tertiary/aromatic N) is 3. The van der Waals surface area contributed by atoms with Crippen molar-refractivity contribution in [2.45, 2.75) is 25.9 Å². The maximum absolute atomic E-state index is 5.41. The van der Waals surface area contributed by atoms with E-state index in [0.29, 0.717) is 5.92 Å². The molecule has 2 aromatic heterocycles. The minimum atomic E-state index is -0.205. The smallest absolute Gasteiger partial charge is 0.148 e. The second-order valence-electron chi connectivity index (χ2n) is 15.6. The van der Waals surface area contributed by atoms with E-state index in [2.05, 4.69) is 209 Å². The summed E-state index contributed by atoms with van der Waals surface area (Å²) >= 11 is 0. The van der Waals surface area contributed by atoms with E-state index in [1.165, 1.54) is 77.6 Å². The lowest BCUT2D eigenvalue weighted by atomic mass is 9.82. The number of rotatable bonds is 6. The van der Waals surface area contributed by atoms with Gasteiger partial charge in [0.1, 0.15) is 12.0 Å². The van der Waals surface area contributed by atoms with Crippen LogP contribution in [0.2, 0.25) is 0 Å². The zero-order chi connectivity index (χ0) is 37.9. The van der Waals surface area contributed by atoms with Gasteiger partial charge in [-0.2, -0.15) is 0 Å². The average molecular weight is 735 g/mol. The second-order valence-corrected chi connectivity index (χ2v) is 15.6. The Kier molecular flexibility index (Phi) is 8.02. The van der Waals surface area contributed by atoms with Crippen molar-refractivity contribution < 1.29 is 0 Å². The first-order valence-corrected chi connectivity index (χ1v) is 20.2. The van der Waals surface area contributed by atoms with Crippen molar-refractivity contribution in [2.24, 2.45) is 16.8 Å². The lowest BCUT2D eigenvalue weighted by Crippen LogP contribution is -2.32. The van der Waals surface area contributed by atoms with E-state index in [0.717, 1.165) is 24.2 Å². The van der Waals surface area contributed by atoms with Gasteiger partial charge in [0, 0.05) is 39.0 Å². The molecular formula is C53H42N4. The van der Waals surface area contributed by atoms with E-state index >= 15 is 0 Å². The highest BCUT2D eigenvalue weighted by Gasteiger charge is 2.28. The molecule has 3 unspecified atom stereocenters. The normalized spacial score (nSPS) is 19.0. The van der Waals surface area contributed by atoms with Crippen LogP contribution >= 0.6 is 0 Å². The number of amidine groups is 1.